The summed E-state index contributed by atoms with van der Waals surface area (Å²) in [5.74, 6) is 0.637. The maximum absolute atomic E-state index is 13.8. The van der Waals surface area contributed by atoms with E-state index in [0.29, 0.717) is 11.3 Å². The summed E-state index contributed by atoms with van der Waals surface area (Å²) >= 11 is 17.9. The lowest BCUT2D eigenvalue weighted by atomic mass is 9.94. The molecule has 2 N–H and O–H groups in total. The quantitative estimate of drug-likeness (QED) is 0.0329. The number of ether oxygens (including phenoxy) is 13. The van der Waals surface area contributed by atoms with Gasteiger partial charge in [-0.25, -0.2) is 14.4 Å². The monoisotopic (exact) mass is 1070 g/mol. The van der Waals surface area contributed by atoms with Crippen molar-refractivity contribution in [3.8, 4) is 5.75 Å². The van der Waals surface area contributed by atoms with Gasteiger partial charge in [-0.1, -0.05) is 157 Å². The minimum Gasteiger partial charge on any atom is -0.497 e. The molecule has 21 heteroatoms. The molecule has 4 aromatic carbocycles. The van der Waals surface area contributed by atoms with Crippen LogP contribution in [0.4, 0.5) is 14.4 Å². The van der Waals surface area contributed by atoms with Crippen LogP contribution in [-0.2, 0) is 76.7 Å². The summed E-state index contributed by atoms with van der Waals surface area (Å²) < 4.78 is 77.8. The molecule has 392 valence electrons. The lowest BCUT2D eigenvalue weighted by Gasteiger charge is -2.50. The van der Waals surface area contributed by atoms with Crippen molar-refractivity contribution < 1.29 is 76.0 Å². The first-order valence-electron chi connectivity index (χ1n) is 23.2. The smallest absolute Gasteiger partial charge is 0.497 e. The molecular weight excluding hydrogens is 1010 g/mol. The number of fused-ring (bicyclic) bond motifs is 1. The number of halogens is 3. The summed E-state index contributed by atoms with van der Waals surface area (Å²) in [5.41, 5.74) is 2.92. The third-order valence-electron chi connectivity index (χ3n) is 11.4. The van der Waals surface area contributed by atoms with E-state index in [1.807, 2.05) is 78.9 Å². The molecule has 7 rings (SSSR count). The Hall–Kier alpha value is -5.48. The normalized spacial score (nSPS) is 25.7. The van der Waals surface area contributed by atoms with Gasteiger partial charge in [0, 0.05) is 5.56 Å². The molecule has 1 unspecified atom stereocenters. The molecule has 0 saturated carbocycles. The molecule has 3 heterocycles. The fraction of sp³-hybridized carbons (Fsp3) is 0.404. The first-order valence-corrected chi connectivity index (χ1v) is 24.3. The fourth-order valence-electron chi connectivity index (χ4n) is 8.05. The molecule has 18 nitrogen and oxygen atoms in total. The number of methoxy groups -OCH3 is 1. The number of benzene rings is 4. The van der Waals surface area contributed by atoms with Crippen molar-refractivity contribution in [2.75, 3.05) is 40.1 Å². The van der Waals surface area contributed by atoms with E-state index in [2.05, 4.69) is 23.8 Å². The molecule has 0 aromatic heterocycles. The second-order valence-electron chi connectivity index (χ2n) is 16.6. The third kappa shape index (κ3) is 16.5. The van der Waals surface area contributed by atoms with Crippen LogP contribution in [0, 0.1) is 0 Å². The van der Waals surface area contributed by atoms with E-state index < -0.39 is 103 Å². The Labute approximate surface area is 437 Å². The molecule has 3 aliphatic heterocycles. The van der Waals surface area contributed by atoms with Crippen LogP contribution < -0.4 is 15.4 Å². The average molecular weight is 1070 g/mol. The summed E-state index contributed by atoms with van der Waals surface area (Å²) in [4.78, 5) is 40.8. The van der Waals surface area contributed by atoms with Crippen LogP contribution in [0.3, 0.4) is 0 Å². The number of carbonyl (C=O) groups excluding carboxylic acids is 3. The molecular formula is C52H57Cl3N2O16. The fourth-order valence-corrected chi connectivity index (χ4v) is 8.22. The van der Waals surface area contributed by atoms with Crippen molar-refractivity contribution in [3.05, 3.63) is 163 Å². The van der Waals surface area contributed by atoms with E-state index in [9.17, 15) is 14.4 Å². The maximum Gasteiger partial charge on any atom is 0.509 e. The molecule has 3 fully saturated rings. The lowest BCUT2D eigenvalue weighted by Crippen LogP contribution is -2.69. The molecule has 0 spiro atoms. The number of carbonyl (C=O) groups is 3. The first-order chi connectivity index (χ1) is 35.4. The Bertz CT molecular complexity index is 2350. The number of alkyl carbamates (subject to hydrolysis) is 2. The van der Waals surface area contributed by atoms with Crippen LogP contribution in [0.2, 0.25) is 0 Å². The second kappa shape index (κ2) is 27.7. The molecule has 0 aliphatic carbocycles. The predicted molar refractivity (Wildman–Crippen MR) is 265 cm³/mol. The van der Waals surface area contributed by atoms with Gasteiger partial charge in [0.25, 0.3) is 0 Å². The van der Waals surface area contributed by atoms with Crippen molar-refractivity contribution in [1.29, 1.82) is 0 Å². The highest BCUT2D eigenvalue weighted by Gasteiger charge is 2.54. The summed E-state index contributed by atoms with van der Waals surface area (Å²) in [7, 11) is 1.56. The molecule has 0 bridgehead atoms. The number of rotatable bonds is 22. The van der Waals surface area contributed by atoms with Crippen molar-refractivity contribution >= 4 is 53.1 Å². The van der Waals surface area contributed by atoms with Crippen LogP contribution >= 0.6 is 34.8 Å². The van der Waals surface area contributed by atoms with Crippen LogP contribution in [0.25, 0.3) is 0 Å². The minimum absolute atomic E-state index is 0.00737. The highest BCUT2D eigenvalue weighted by Crippen LogP contribution is 2.37. The molecule has 4 aromatic rings. The summed E-state index contributed by atoms with van der Waals surface area (Å²) in [6.45, 7) is 6.02. The van der Waals surface area contributed by atoms with Crippen molar-refractivity contribution in [2.45, 2.75) is 91.2 Å². The standard InChI is InChI=1S/C52H57Cl3N2O16/c1-4-25-62-47-41(57-49(58)63-26-5-2)45(73-51(60)68-29-34-17-11-7-12-18-34)42(64-27-33-15-9-6-10-16-33)38(70-47)30-67-48-40(56-50(59)69-32-52(53,54)55)44(65-28-35-21-23-37(61-3)24-22-35)43-39(71-48)31-66-46(72-43)36-19-13-8-14-20-36/h4-24,38-48H,1-2,25-32H2,3H3,(H,56,59)(H,57,58)/t38-,39-,40-,41-,42-,43-,44-,45-,46?,47+,48-/m1/s1. The zero-order valence-corrected chi connectivity index (χ0v) is 42.0. The number of nitrogens with one attached hydrogen (secondary N) is 2. The molecule has 2 amide bonds. The molecule has 73 heavy (non-hydrogen) atoms. The van der Waals surface area contributed by atoms with Gasteiger partial charge in [-0.15, -0.1) is 6.58 Å². The zero-order valence-electron chi connectivity index (χ0n) is 39.7. The Morgan fingerprint density at radius 1 is 0.644 bits per heavy atom. The zero-order chi connectivity index (χ0) is 51.6. The average Bonchev–Trinajstić information content (AvgIpc) is 3.40. The van der Waals surface area contributed by atoms with Gasteiger partial charge in [0.05, 0.1) is 40.1 Å². The van der Waals surface area contributed by atoms with Gasteiger partial charge in [-0.05, 0) is 28.8 Å². The van der Waals surface area contributed by atoms with Gasteiger partial charge in [-0.2, -0.15) is 0 Å². The molecule has 3 aliphatic rings. The van der Waals surface area contributed by atoms with Crippen molar-refractivity contribution in [3.63, 3.8) is 0 Å². The van der Waals surface area contributed by atoms with E-state index in [0.717, 1.165) is 16.7 Å². The van der Waals surface area contributed by atoms with Gasteiger partial charge in [0.1, 0.15) is 68.2 Å². The van der Waals surface area contributed by atoms with Crippen LogP contribution in [-0.4, -0.2) is 124 Å². The van der Waals surface area contributed by atoms with Gasteiger partial charge in [0.15, 0.2) is 25.0 Å². The third-order valence-corrected chi connectivity index (χ3v) is 11.8. The second-order valence-corrected chi connectivity index (χ2v) is 19.1. The Morgan fingerprint density at radius 3 is 1.85 bits per heavy atom. The van der Waals surface area contributed by atoms with Crippen LogP contribution in [0.1, 0.15) is 28.5 Å². The summed E-state index contributed by atoms with van der Waals surface area (Å²) in [5, 5.41) is 5.53. The Morgan fingerprint density at radius 2 is 1.22 bits per heavy atom. The van der Waals surface area contributed by atoms with Gasteiger partial charge < -0.3 is 72.2 Å². The Balaban J connectivity index is 1.23. The highest BCUT2D eigenvalue weighted by molar-refractivity contribution is 6.67. The first kappa shape index (κ1) is 55.3. The predicted octanol–water partition coefficient (Wildman–Crippen LogP) is 8.42. The van der Waals surface area contributed by atoms with Gasteiger partial charge in [0.2, 0.25) is 3.79 Å². The van der Waals surface area contributed by atoms with E-state index in [1.54, 1.807) is 43.5 Å². The van der Waals surface area contributed by atoms with E-state index in [1.165, 1.54) is 12.2 Å². The SMILES string of the molecule is C=CCOC(=O)N[C@H]1[C@@H](OCC=C)O[C@H](CO[C@@H]2O[C@@H]3COC(c4ccccc4)O[C@H]3[C@H](OCc3ccc(OC)cc3)[C@H]2NC(=O)OCC(Cl)(Cl)Cl)[C@@H](OCc2ccccc2)[C@@H]1OC(=O)OCc1ccccc1. The molecule has 11 atom stereocenters. The topological polar surface area (TPSA) is 195 Å². The largest absolute Gasteiger partial charge is 0.509 e. The number of hydrogen-bond acceptors (Lipinski definition) is 16. The number of amides is 2. The Kier molecular flexibility index (Phi) is 21.0. The maximum atomic E-state index is 13.8. The van der Waals surface area contributed by atoms with E-state index >= 15 is 0 Å². The molecule has 0 radical (unpaired) electrons. The van der Waals surface area contributed by atoms with Crippen LogP contribution in [0.15, 0.2) is 141 Å². The van der Waals surface area contributed by atoms with Crippen LogP contribution in [0.5, 0.6) is 5.75 Å². The molecule has 3 saturated heterocycles. The van der Waals surface area contributed by atoms with E-state index in [4.69, 9.17) is 96.4 Å². The van der Waals surface area contributed by atoms with Crippen molar-refractivity contribution in [2.24, 2.45) is 0 Å². The van der Waals surface area contributed by atoms with E-state index in [-0.39, 0.29) is 39.6 Å². The number of alkyl halides is 3. The summed E-state index contributed by atoms with van der Waals surface area (Å²) in [6.07, 6.45) is -10.3. The minimum atomic E-state index is -1.95. The van der Waals surface area contributed by atoms with Gasteiger partial charge in [-0.3, -0.25) is 0 Å². The lowest BCUT2D eigenvalue weighted by molar-refractivity contribution is -0.355. The highest BCUT2D eigenvalue weighted by atomic mass is 35.6. The number of hydrogen-bond donors (Lipinski definition) is 2. The van der Waals surface area contributed by atoms with Gasteiger partial charge >= 0.3 is 18.3 Å². The van der Waals surface area contributed by atoms with Crippen molar-refractivity contribution in [1.82, 2.24) is 10.6 Å². The summed E-state index contributed by atoms with van der Waals surface area (Å²) in [6, 6.07) is 32.2.